The molecule has 23 heavy (non-hydrogen) atoms. The van der Waals surface area contributed by atoms with Crippen molar-refractivity contribution in [2.45, 2.75) is 26.2 Å². The van der Waals surface area contributed by atoms with Gasteiger partial charge in [-0.25, -0.2) is 9.97 Å². The summed E-state index contributed by atoms with van der Waals surface area (Å²) in [6.45, 7) is 4.10. The highest BCUT2D eigenvalue weighted by molar-refractivity contribution is 5.90. The molecule has 0 saturated carbocycles. The molecule has 1 unspecified atom stereocenters. The Labute approximate surface area is 135 Å². The number of rotatable bonds is 6. The van der Waals surface area contributed by atoms with Crippen molar-refractivity contribution in [3.05, 3.63) is 47.9 Å². The van der Waals surface area contributed by atoms with E-state index in [9.17, 15) is 4.79 Å². The molecule has 0 saturated heterocycles. The molecule has 2 aromatic rings. The third kappa shape index (κ3) is 4.51. The molecule has 118 valence electrons. The number of amides is 1. The molecule has 1 aromatic carbocycles. The van der Waals surface area contributed by atoms with Gasteiger partial charge in [0.25, 0.3) is 5.91 Å². The van der Waals surface area contributed by atoms with Gasteiger partial charge in [-0.3, -0.25) is 4.79 Å². The first-order valence-corrected chi connectivity index (χ1v) is 7.38. The standard InChI is InChI=1S/C17H18N4O2/c1-3-12(2)13-6-4-5-7-14(13)23-11-17(22)21-15-8-9-19-16(10-18)20-15/h4-9,12H,3,11H2,1-2H3,(H,19,20,21,22). The van der Waals surface area contributed by atoms with Crippen molar-refractivity contribution in [2.24, 2.45) is 0 Å². The zero-order valence-corrected chi connectivity index (χ0v) is 13.1. The molecule has 0 fully saturated rings. The number of nitrogens with zero attached hydrogens (tertiary/aromatic N) is 3. The Balaban J connectivity index is 1.98. The Bertz CT molecular complexity index is 725. The van der Waals surface area contributed by atoms with Gasteiger partial charge in [0.1, 0.15) is 17.6 Å². The fourth-order valence-electron chi connectivity index (χ4n) is 2.04. The number of nitrogens with one attached hydrogen (secondary N) is 1. The lowest BCUT2D eigenvalue weighted by Gasteiger charge is -2.15. The zero-order valence-electron chi connectivity index (χ0n) is 13.1. The SMILES string of the molecule is CCC(C)c1ccccc1OCC(=O)Nc1ccnc(C#N)n1. The van der Waals surface area contributed by atoms with Crippen molar-refractivity contribution in [3.8, 4) is 11.8 Å². The molecule has 0 aliphatic heterocycles. The lowest BCUT2D eigenvalue weighted by Crippen LogP contribution is -2.21. The van der Waals surface area contributed by atoms with E-state index in [2.05, 4.69) is 29.1 Å². The summed E-state index contributed by atoms with van der Waals surface area (Å²) in [5, 5.41) is 11.3. The molecule has 6 nitrogen and oxygen atoms in total. The molecule has 6 heteroatoms. The van der Waals surface area contributed by atoms with Crippen molar-refractivity contribution in [2.75, 3.05) is 11.9 Å². The highest BCUT2D eigenvalue weighted by Crippen LogP contribution is 2.28. The Morgan fingerprint density at radius 3 is 2.91 bits per heavy atom. The number of hydrogen-bond donors (Lipinski definition) is 1. The fourth-order valence-corrected chi connectivity index (χ4v) is 2.04. The highest BCUT2D eigenvalue weighted by atomic mass is 16.5. The van der Waals surface area contributed by atoms with Gasteiger partial charge in [-0.15, -0.1) is 0 Å². The van der Waals surface area contributed by atoms with E-state index < -0.39 is 0 Å². The largest absolute Gasteiger partial charge is 0.483 e. The molecule has 0 aliphatic rings. The first-order valence-electron chi connectivity index (χ1n) is 7.38. The van der Waals surface area contributed by atoms with E-state index in [-0.39, 0.29) is 24.2 Å². The number of nitriles is 1. The van der Waals surface area contributed by atoms with Crippen molar-refractivity contribution < 1.29 is 9.53 Å². The topological polar surface area (TPSA) is 87.9 Å². The summed E-state index contributed by atoms with van der Waals surface area (Å²) >= 11 is 0. The van der Waals surface area contributed by atoms with E-state index in [0.29, 0.717) is 11.7 Å². The van der Waals surface area contributed by atoms with Crippen LogP contribution in [0.15, 0.2) is 36.5 Å². The van der Waals surface area contributed by atoms with Gasteiger partial charge in [-0.05, 0) is 30.0 Å². The lowest BCUT2D eigenvalue weighted by atomic mass is 9.98. The summed E-state index contributed by atoms with van der Waals surface area (Å²) in [4.78, 5) is 19.6. The minimum absolute atomic E-state index is 0.00540. The van der Waals surface area contributed by atoms with Crippen molar-refractivity contribution >= 4 is 11.7 Å². The maximum atomic E-state index is 12.0. The van der Waals surface area contributed by atoms with Crippen LogP contribution in [0.3, 0.4) is 0 Å². The average Bonchev–Trinajstić information content (AvgIpc) is 2.59. The molecule has 0 bridgehead atoms. The Morgan fingerprint density at radius 2 is 2.17 bits per heavy atom. The number of carbonyl (C=O) groups excluding carboxylic acids is 1. The smallest absolute Gasteiger partial charge is 0.263 e. The zero-order chi connectivity index (χ0) is 16.7. The number of carbonyl (C=O) groups is 1. The summed E-state index contributed by atoms with van der Waals surface area (Å²) in [5.41, 5.74) is 1.08. The number of aromatic nitrogens is 2. The molecule has 2 rings (SSSR count). The monoisotopic (exact) mass is 310 g/mol. The third-order valence-corrected chi connectivity index (χ3v) is 3.44. The molecule has 1 heterocycles. The first kappa shape index (κ1) is 16.4. The summed E-state index contributed by atoms with van der Waals surface area (Å²) in [7, 11) is 0. The maximum absolute atomic E-state index is 12.0. The summed E-state index contributed by atoms with van der Waals surface area (Å²) < 4.78 is 5.63. The molecule has 0 aliphatic carbocycles. The molecule has 1 aromatic heterocycles. The molecule has 1 atom stereocenters. The highest BCUT2D eigenvalue weighted by Gasteiger charge is 2.11. The van der Waals surface area contributed by atoms with Gasteiger partial charge >= 0.3 is 0 Å². The quantitative estimate of drug-likeness (QED) is 0.886. The summed E-state index contributed by atoms with van der Waals surface area (Å²) in [6, 6.07) is 11.0. The number of benzene rings is 1. The minimum atomic E-state index is -0.341. The molecule has 0 radical (unpaired) electrons. The van der Waals surface area contributed by atoms with Crippen LogP contribution in [0.2, 0.25) is 0 Å². The van der Waals surface area contributed by atoms with Crippen molar-refractivity contribution in [1.29, 1.82) is 5.26 Å². The van der Waals surface area contributed by atoms with E-state index in [0.717, 1.165) is 12.0 Å². The van der Waals surface area contributed by atoms with Crippen LogP contribution in [-0.4, -0.2) is 22.5 Å². The van der Waals surface area contributed by atoms with Gasteiger partial charge in [-0.1, -0.05) is 32.0 Å². The molecular weight excluding hydrogens is 292 g/mol. The van der Waals surface area contributed by atoms with Crippen LogP contribution in [0.4, 0.5) is 5.82 Å². The molecular formula is C17H18N4O2. The van der Waals surface area contributed by atoms with Gasteiger partial charge in [0.05, 0.1) is 0 Å². The van der Waals surface area contributed by atoms with Gasteiger partial charge in [0, 0.05) is 6.20 Å². The Kier molecular flexibility index (Phi) is 5.64. The Hall–Kier alpha value is -2.94. The summed E-state index contributed by atoms with van der Waals surface area (Å²) in [5.74, 6) is 1.00. The van der Waals surface area contributed by atoms with Crippen LogP contribution in [0.5, 0.6) is 5.75 Å². The van der Waals surface area contributed by atoms with E-state index in [4.69, 9.17) is 10.00 Å². The van der Waals surface area contributed by atoms with Crippen LogP contribution in [-0.2, 0) is 4.79 Å². The first-order chi connectivity index (χ1) is 11.1. The Morgan fingerprint density at radius 1 is 1.39 bits per heavy atom. The van der Waals surface area contributed by atoms with Gasteiger partial charge in [0.2, 0.25) is 5.82 Å². The molecule has 1 N–H and O–H groups in total. The third-order valence-electron chi connectivity index (χ3n) is 3.44. The van der Waals surface area contributed by atoms with E-state index in [1.807, 2.05) is 30.3 Å². The maximum Gasteiger partial charge on any atom is 0.263 e. The number of para-hydroxylation sites is 1. The van der Waals surface area contributed by atoms with E-state index >= 15 is 0 Å². The van der Waals surface area contributed by atoms with E-state index in [1.165, 1.54) is 12.3 Å². The molecule has 0 spiro atoms. The fraction of sp³-hybridized carbons (Fsp3) is 0.294. The van der Waals surface area contributed by atoms with Crippen LogP contribution >= 0.6 is 0 Å². The van der Waals surface area contributed by atoms with Crippen LogP contribution in [0, 0.1) is 11.3 Å². The number of hydrogen-bond acceptors (Lipinski definition) is 5. The van der Waals surface area contributed by atoms with Crippen LogP contribution in [0.1, 0.15) is 37.6 Å². The predicted molar refractivity (Wildman–Crippen MR) is 86.0 cm³/mol. The number of anilines is 1. The van der Waals surface area contributed by atoms with Gasteiger partial charge in [-0.2, -0.15) is 5.26 Å². The van der Waals surface area contributed by atoms with Crippen LogP contribution in [0.25, 0.3) is 0 Å². The summed E-state index contributed by atoms with van der Waals surface area (Å²) in [6.07, 6.45) is 2.41. The van der Waals surface area contributed by atoms with Gasteiger partial charge in [0.15, 0.2) is 6.61 Å². The number of ether oxygens (including phenoxy) is 1. The second-order valence-electron chi connectivity index (χ2n) is 5.06. The normalized spacial score (nSPS) is 11.3. The average molecular weight is 310 g/mol. The van der Waals surface area contributed by atoms with Crippen LogP contribution < -0.4 is 10.1 Å². The minimum Gasteiger partial charge on any atom is -0.483 e. The van der Waals surface area contributed by atoms with Gasteiger partial charge < -0.3 is 10.1 Å². The second kappa shape index (κ2) is 7.90. The van der Waals surface area contributed by atoms with Crippen molar-refractivity contribution in [1.82, 2.24) is 9.97 Å². The van der Waals surface area contributed by atoms with Crippen molar-refractivity contribution in [3.63, 3.8) is 0 Å². The predicted octanol–water partition coefficient (Wildman–Crippen LogP) is 2.88. The second-order valence-corrected chi connectivity index (χ2v) is 5.06. The molecule has 1 amide bonds. The lowest BCUT2D eigenvalue weighted by molar-refractivity contribution is -0.118. The van der Waals surface area contributed by atoms with E-state index in [1.54, 1.807) is 0 Å².